The standard InChI is InChI=1S/C21H30N4O4S/c1-4-8-17(23-20(27)28-13-15-9-6-5-7-10-15)19(26)22-12-16(11-14(2)3)18-24-21(30)29-25-18/h5-7,9-10,14,16-17H,4,8,11-13H2,1-3H3,(H,22,26)(H,23,27)(H,24,25,30)/t16-,17-/m0/s1. The molecule has 2 aromatic rings. The molecule has 2 atom stereocenters. The summed E-state index contributed by atoms with van der Waals surface area (Å²) in [7, 11) is 0. The molecule has 0 radical (unpaired) electrons. The average Bonchev–Trinajstić information content (AvgIpc) is 3.15. The van der Waals surface area contributed by atoms with E-state index in [1.165, 1.54) is 0 Å². The van der Waals surface area contributed by atoms with E-state index in [-0.39, 0.29) is 23.7 Å². The number of thiol groups is 1. The minimum Gasteiger partial charge on any atom is -0.445 e. The van der Waals surface area contributed by atoms with Crippen molar-refractivity contribution >= 4 is 24.6 Å². The molecule has 9 heteroatoms. The molecule has 164 valence electrons. The zero-order valence-corrected chi connectivity index (χ0v) is 18.5. The maximum absolute atomic E-state index is 12.7. The minimum atomic E-state index is -0.677. The highest BCUT2D eigenvalue weighted by Gasteiger charge is 2.24. The van der Waals surface area contributed by atoms with Crippen LogP contribution in [0.3, 0.4) is 0 Å². The molecule has 0 aliphatic heterocycles. The largest absolute Gasteiger partial charge is 0.445 e. The maximum atomic E-state index is 12.7. The van der Waals surface area contributed by atoms with Gasteiger partial charge in [-0.2, -0.15) is 4.98 Å². The molecular formula is C21H30N4O4S. The summed E-state index contributed by atoms with van der Waals surface area (Å²) in [6, 6.07) is 8.70. The number of ether oxygens (including phenoxy) is 1. The summed E-state index contributed by atoms with van der Waals surface area (Å²) >= 11 is 4.05. The third-order valence-electron chi connectivity index (χ3n) is 4.47. The number of aromatic nitrogens is 2. The van der Waals surface area contributed by atoms with Gasteiger partial charge in [-0.05, 0) is 24.3 Å². The summed E-state index contributed by atoms with van der Waals surface area (Å²) < 4.78 is 10.2. The van der Waals surface area contributed by atoms with Gasteiger partial charge in [0.25, 0.3) is 5.22 Å². The van der Waals surface area contributed by atoms with Crippen molar-refractivity contribution in [2.24, 2.45) is 5.92 Å². The summed E-state index contributed by atoms with van der Waals surface area (Å²) in [4.78, 5) is 29.0. The van der Waals surface area contributed by atoms with Crippen LogP contribution in [0.15, 0.2) is 40.1 Å². The van der Waals surface area contributed by atoms with E-state index >= 15 is 0 Å². The van der Waals surface area contributed by atoms with E-state index in [0.717, 1.165) is 18.4 Å². The number of hydrogen-bond donors (Lipinski definition) is 3. The highest BCUT2D eigenvalue weighted by Crippen LogP contribution is 2.21. The fourth-order valence-electron chi connectivity index (χ4n) is 3.05. The molecule has 0 saturated carbocycles. The molecule has 0 aliphatic rings. The summed E-state index contributed by atoms with van der Waals surface area (Å²) in [5, 5.41) is 9.68. The topological polar surface area (TPSA) is 106 Å². The van der Waals surface area contributed by atoms with Gasteiger partial charge < -0.3 is 19.9 Å². The van der Waals surface area contributed by atoms with Crippen LogP contribution in [-0.4, -0.2) is 34.7 Å². The Morgan fingerprint density at radius 2 is 1.97 bits per heavy atom. The summed E-state index contributed by atoms with van der Waals surface area (Å²) in [5.41, 5.74) is 0.879. The van der Waals surface area contributed by atoms with Crippen LogP contribution in [0.5, 0.6) is 0 Å². The first-order chi connectivity index (χ1) is 14.4. The second-order valence-electron chi connectivity index (χ2n) is 7.55. The van der Waals surface area contributed by atoms with Crippen LogP contribution in [0.4, 0.5) is 4.79 Å². The Hall–Kier alpha value is -2.55. The quantitative estimate of drug-likeness (QED) is 0.466. The smallest absolute Gasteiger partial charge is 0.408 e. The molecule has 0 spiro atoms. The van der Waals surface area contributed by atoms with E-state index in [9.17, 15) is 9.59 Å². The van der Waals surface area contributed by atoms with E-state index < -0.39 is 12.1 Å². The Labute approximate surface area is 182 Å². The Balaban J connectivity index is 1.90. The fraction of sp³-hybridized carbons (Fsp3) is 0.524. The van der Waals surface area contributed by atoms with Crippen LogP contribution < -0.4 is 10.6 Å². The molecule has 30 heavy (non-hydrogen) atoms. The van der Waals surface area contributed by atoms with Crippen LogP contribution in [0.25, 0.3) is 0 Å². The molecule has 0 fully saturated rings. The molecule has 2 N–H and O–H groups in total. The highest BCUT2D eigenvalue weighted by atomic mass is 32.1. The lowest BCUT2D eigenvalue weighted by Crippen LogP contribution is -2.47. The lowest BCUT2D eigenvalue weighted by molar-refractivity contribution is -0.123. The number of benzene rings is 1. The Kier molecular flexibility index (Phi) is 9.66. The third kappa shape index (κ3) is 8.06. The van der Waals surface area contributed by atoms with Crippen molar-refractivity contribution in [3.63, 3.8) is 0 Å². The van der Waals surface area contributed by atoms with E-state index in [1.807, 2.05) is 37.3 Å². The van der Waals surface area contributed by atoms with Crippen LogP contribution >= 0.6 is 12.6 Å². The van der Waals surface area contributed by atoms with Crippen molar-refractivity contribution in [2.45, 2.75) is 63.8 Å². The molecule has 0 saturated heterocycles. The number of nitrogens with one attached hydrogen (secondary N) is 2. The number of hydrogen-bond acceptors (Lipinski definition) is 7. The van der Waals surface area contributed by atoms with Crippen molar-refractivity contribution in [2.75, 3.05) is 6.54 Å². The van der Waals surface area contributed by atoms with Gasteiger partial charge in [0.05, 0.1) is 0 Å². The van der Waals surface area contributed by atoms with Gasteiger partial charge in [-0.25, -0.2) is 4.79 Å². The molecule has 0 unspecified atom stereocenters. The van der Waals surface area contributed by atoms with Gasteiger partial charge in [0.2, 0.25) is 5.91 Å². The normalized spacial score (nSPS) is 13.0. The van der Waals surface area contributed by atoms with Crippen LogP contribution in [0.1, 0.15) is 57.3 Å². The number of carbonyl (C=O) groups excluding carboxylic acids is 2. The Morgan fingerprint density at radius 3 is 2.57 bits per heavy atom. The summed E-state index contributed by atoms with van der Waals surface area (Å²) in [6.45, 7) is 6.60. The average molecular weight is 435 g/mol. The monoisotopic (exact) mass is 434 g/mol. The first-order valence-corrected chi connectivity index (χ1v) is 10.6. The van der Waals surface area contributed by atoms with Gasteiger partial charge in [-0.15, -0.1) is 0 Å². The van der Waals surface area contributed by atoms with Gasteiger partial charge in [0.1, 0.15) is 12.6 Å². The van der Waals surface area contributed by atoms with E-state index in [0.29, 0.717) is 24.7 Å². The predicted molar refractivity (Wildman–Crippen MR) is 115 cm³/mol. The fourth-order valence-corrected chi connectivity index (χ4v) is 3.20. The molecule has 2 rings (SSSR count). The molecule has 0 bridgehead atoms. The van der Waals surface area contributed by atoms with Crippen LogP contribution in [0.2, 0.25) is 0 Å². The summed E-state index contributed by atoms with van der Waals surface area (Å²) in [5.74, 6) is 0.519. The summed E-state index contributed by atoms with van der Waals surface area (Å²) in [6.07, 6.45) is 1.40. The van der Waals surface area contributed by atoms with Gasteiger partial charge in [0.15, 0.2) is 5.82 Å². The highest BCUT2D eigenvalue weighted by molar-refractivity contribution is 7.80. The lowest BCUT2D eigenvalue weighted by Gasteiger charge is -2.20. The van der Waals surface area contributed by atoms with Crippen molar-refractivity contribution in [1.29, 1.82) is 0 Å². The van der Waals surface area contributed by atoms with Crippen molar-refractivity contribution in [3.05, 3.63) is 41.7 Å². The van der Waals surface area contributed by atoms with Crippen molar-refractivity contribution in [1.82, 2.24) is 20.8 Å². The zero-order chi connectivity index (χ0) is 21.9. The van der Waals surface area contributed by atoms with Crippen molar-refractivity contribution < 1.29 is 18.8 Å². The van der Waals surface area contributed by atoms with Gasteiger partial charge in [0, 0.05) is 12.5 Å². The SMILES string of the molecule is CCC[C@H](NC(=O)OCc1ccccc1)C(=O)NC[C@H](CC(C)C)c1noc(S)n1. The van der Waals surface area contributed by atoms with Crippen LogP contribution in [0, 0.1) is 5.92 Å². The van der Waals surface area contributed by atoms with E-state index in [1.54, 1.807) is 0 Å². The van der Waals surface area contributed by atoms with Crippen LogP contribution in [-0.2, 0) is 16.1 Å². The molecule has 2 amide bonds. The lowest BCUT2D eigenvalue weighted by atomic mass is 9.96. The number of rotatable bonds is 11. The molecular weight excluding hydrogens is 404 g/mol. The zero-order valence-electron chi connectivity index (χ0n) is 17.6. The van der Waals surface area contributed by atoms with E-state index in [4.69, 9.17) is 9.26 Å². The molecule has 1 heterocycles. The predicted octanol–water partition coefficient (Wildman–Crippen LogP) is 3.70. The first kappa shape index (κ1) is 23.7. The second kappa shape index (κ2) is 12.2. The van der Waals surface area contributed by atoms with Gasteiger partial charge >= 0.3 is 6.09 Å². The number of carbonyl (C=O) groups is 2. The number of nitrogens with zero attached hydrogens (tertiary/aromatic N) is 2. The van der Waals surface area contributed by atoms with Crippen molar-refractivity contribution in [3.8, 4) is 0 Å². The maximum Gasteiger partial charge on any atom is 0.408 e. The Morgan fingerprint density at radius 1 is 1.23 bits per heavy atom. The molecule has 1 aromatic carbocycles. The van der Waals surface area contributed by atoms with Gasteiger partial charge in [-0.3, -0.25) is 4.79 Å². The molecule has 1 aromatic heterocycles. The molecule has 0 aliphatic carbocycles. The first-order valence-electron chi connectivity index (χ1n) is 10.2. The van der Waals surface area contributed by atoms with Gasteiger partial charge in [-0.1, -0.05) is 75.3 Å². The van der Waals surface area contributed by atoms with E-state index in [2.05, 4.69) is 47.3 Å². The number of alkyl carbamates (subject to hydrolysis) is 1. The molecule has 8 nitrogen and oxygen atoms in total. The second-order valence-corrected chi connectivity index (χ2v) is 7.94. The minimum absolute atomic E-state index is 0.106. The Bertz CT molecular complexity index is 797. The number of amides is 2. The third-order valence-corrected chi connectivity index (χ3v) is 4.66.